The van der Waals surface area contributed by atoms with Gasteiger partial charge in [-0.15, -0.1) is 0 Å². The Morgan fingerprint density at radius 2 is 2.03 bits per heavy atom. The van der Waals surface area contributed by atoms with E-state index in [2.05, 4.69) is 10.6 Å². The number of methoxy groups -OCH3 is 1. The summed E-state index contributed by atoms with van der Waals surface area (Å²) < 4.78 is 11.3. The summed E-state index contributed by atoms with van der Waals surface area (Å²) in [4.78, 5) is 27.9. The lowest BCUT2D eigenvalue weighted by Crippen LogP contribution is -2.62. The van der Waals surface area contributed by atoms with Crippen LogP contribution in [0.4, 0.5) is 0 Å². The van der Waals surface area contributed by atoms with Crippen LogP contribution in [0.15, 0.2) is 42.5 Å². The van der Waals surface area contributed by atoms with E-state index in [9.17, 15) is 9.59 Å². The molecule has 1 fully saturated rings. The molecule has 3 N–H and O–H groups in total. The summed E-state index contributed by atoms with van der Waals surface area (Å²) in [6, 6.07) is 12.2. The Hall–Kier alpha value is -3.55. The van der Waals surface area contributed by atoms with Crippen LogP contribution in [0.2, 0.25) is 0 Å². The first-order chi connectivity index (χ1) is 16.8. The molecule has 2 amide bonds. The van der Waals surface area contributed by atoms with Crippen molar-refractivity contribution in [3.8, 4) is 11.5 Å². The van der Waals surface area contributed by atoms with Crippen molar-refractivity contribution in [1.82, 2.24) is 15.5 Å². The van der Waals surface area contributed by atoms with Crippen molar-refractivity contribution in [3.63, 3.8) is 0 Å². The lowest BCUT2D eigenvalue weighted by molar-refractivity contribution is -0.133. The average Bonchev–Trinajstić information content (AvgIpc) is 2.87. The van der Waals surface area contributed by atoms with Crippen molar-refractivity contribution in [2.75, 3.05) is 13.7 Å². The van der Waals surface area contributed by atoms with Crippen molar-refractivity contribution >= 4 is 17.8 Å². The molecule has 0 bridgehead atoms. The van der Waals surface area contributed by atoms with Gasteiger partial charge in [0.25, 0.3) is 5.91 Å². The Labute approximate surface area is 206 Å². The first-order valence-electron chi connectivity index (χ1n) is 12.2. The summed E-state index contributed by atoms with van der Waals surface area (Å²) in [6.45, 7) is 6.42. The third kappa shape index (κ3) is 4.70. The average molecular weight is 479 g/mol. The van der Waals surface area contributed by atoms with Crippen LogP contribution in [0.1, 0.15) is 80.0 Å². The van der Waals surface area contributed by atoms with E-state index in [0.717, 1.165) is 24.0 Å². The molecule has 2 aliphatic rings. The van der Waals surface area contributed by atoms with Gasteiger partial charge in [-0.3, -0.25) is 19.9 Å². The Morgan fingerprint density at radius 3 is 2.71 bits per heavy atom. The van der Waals surface area contributed by atoms with Gasteiger partial charge in [-0.25, -0.2) is 0 Å². The second-order valence-corrected chi connectivity index (χ2v) is 9.24. The van der Waals surface area contributed by atoms with Crippen LogP contribution in [0.5, 0.6) is 11.5 Å². The summed E-state index contributed by atoms with van der Waals surface area (Å²) in [5, 5.41) is 15.0. The molecule has 0 radical (unpaired) electrons. The van der Waals surface area contributed by atoms with E-state index in [4.69, 9.17) is 14.9 Å². The highest BCUT2D eigenvalue weighted by atomic mass is 16.5. The molecule has 2 aromatic rings. The van der Waals surface area contributed by atoms with E-state index in [-0.39, 0.29) is 35.4 Å². The third-order valence-electron chi connectivity index (χ3n) is 7.28. The Balaban J connectivity index is 1.58. The number of rotatable bonds is 7. The molecule has 1 saturated heterocycles. The van der Waals surface area contributed by atoms with Gasteiger partial charge in [0.15, 0.2) is 5.96 Å². The zero-order valence-electron chi connectivity index (χ0n) is 20.8. The van der Waals surface area contributed by atoms with E-state index < -0.39 is 0 Å². The molecule has 0 spiro atoms. The molecule has 0 saturated carbocycles. The number of guanidine groups is 1. The van der Waals surface area contributed by atoms with Crippen LogP contribution >= 0.6 is 0 Å². The maximum atomic E-state index is 13.2. The largest absolute Gasteiger partial charge is 0.496 e. The van der Waals surface area contributed by atoms with Crippen molar-refractivity contribution in [3.05, 3.63) is 59.2 Å². The highest BCUT2D eigenvalue weighted by Gasteiger charge is 2.43. The minimum absolute atomic E-state index is 0.0741. The van der Waals surface area contributed by atoms with Gasteiger partial charge < -0.3 is 20.1 Å². The van der Waals surface area contributed by atoms with Crippen molar-refractivity contribution in [1.29, 1.82) is 5.41 Å². The van der Waals surface area contributed by atoms with E-state index in [1.54, 1.807) is 25.3 Å². The third-order valence-corrected chi connectivity index (χ3v) is 7.28. The van der Waals surface area contributed by atoms with E-state index in [1.807, 2.05) is 45.0 Å². The molecule has 2 atom stereocenters. The van der Waals surface area contributed by atoms with Gasteiger partial charge in [-0.1, -0.05) is 32.0 Å². The zero-order valence-corrected chi connectivity index (χ0v) is 20.8. The molecule has 186 valence electrons. The number of carbonyl (C=O) groups is 2. The SMILES string of the molecule is CCC1(CC)CC(=O)N([C@@H]2CCOc3ccc(C(=O)N[C@@H](C)c4ccccc4OC)cc32)C(=N)N1. The quantitative estimate of drug-likeness (QED) is 0.550. The smallest absolute Gasteiger partial charge is 0.251 e. The number of carbonyl (C=O) groups excluding carboxylic acids is 2. The van der Waals surface area contributed by atoms with Gasteiger partial charge in [0.05, 0.1) is 32.2 Å². The number of para-hydroxylation sites is 1. The summed E-state index contributed by atoms with van der Waals surface area (Å²) in [7, 11) is 1.61. The number of nitrogens with zero attached hydrogens (tertiary/aromatic N) is 1. The van der Waals surface area contributed by atoms with E-state index >= 15 is 0 Å². The van der Waals surface area contributed by atoms with Gasteiger partial charge in [0.1, 0.15) is 11.5 Å². The maximum absolute atomic E-state index is 13.2. The van der Waals surface area contributed by atoms with Crippen LogP contribution in [0, 0.1) is 5.41 Å². The monoisotopic (exact) mass is 478 g/mol. The molecule has 8 nitrogen and oxygen atoms in total. The molecular weight excluding hydrogens is 444 g/mol. The number of fused-ring (bicyclic) bond motifs is 1. The fourth-order valence-corrected chi connectivity index (χ4v) is 5.03. The van der Waals surface area contributed by atoms with Gasteiger partial charge in [0.2, 0.25) is 5.91 Å². The number of ether oxygens (including phenoxy) is 2. The molecule has 0 unspecified atom stereocenters. The van der Waals surface area contributed by atoms with Gasteiger partial charge in [-0.05, 0) is 44.0 Å². The fourth-order valence-electron chi connectivity index (χ4n) is 5.03. The highest BCUT2D eigenvalue weighted by Crippen LogP contribution is 2.39. The maximum Gasteiger partial charge on any atom is 0.251 e. The summed E-state index contributed by atoms with van der Waals surface area (Å²) in [5.74, 6) is 1.16. The fraction of sp³-hybridized carbons (Fsp3) is 0.444. The highest BCUT2D eigenvalue weighted by molar-refractivity contribution is 6.00. The predicted octanol–water partition coefficient (Wildman–Crippen LogP) is 4.33. The molecule has 0 aliphatic carbocycles. The molecule has 2 aromatic carbocycles. The minimum atomic E-state index is -0.380. The molecule has 2 aliphatic heterocycles. The molecule has 8 heteroatoms. The minimum Gasteiger partial charge on any atom is -0.496 e. The van der Waals surface area contributed by atoms with Crippen LogP contribution < -0.4 is 20.1 Å². The van der Waals surface area contributed by atoms with E-state index in [1.165, 1.54) is 4.90 Å². The van der Waals surface area contributed by atoms with Crippen LogP contribution in [0.25, 0.3) is 0 Å². The number of hydrogen-bond donors (Lipinski definition) is 3. The molecular formula is C27H34N4O4. The Bertz CT molecular complexity index is 1110. The van der Waals surface area contributed by atoms with Crippen LogP contribution in [-0.4, -0.2) is 41.9 Å². The van der Waals surface area contributed by atoms with Gasteiger partial charge >= 0.3 is 0 Å². The van der Waals surface area contributed by atoms with E-state index in [0.29, 0.717) is 36.5 Å². The molecule has 0 aromatic heterocycles. The standard InChI is InChI=1S/C27H34N4O4/c1-5-27(6-2)16-24(32)31(26(28)30-27)21-13-14-35-23-12-11-18(15-20(21)23)25(33)29-17(3)19-9-7-8-10-22(19)34-4/h7-12,15,17,21H,5-6,13-14,16H2,1-4H3,(H2,28,30)(H,29,33)/t17-,21+/m0/s1. The number of amides is 2. The Kier molecular flexibility index (Phi) is 7.00. The Morgan fingerprint density at radius 1 is 1.29 bits per heavy atom. The van der Waals surface area contributed by atoms with Gasteiger partial charge in [-0.2, -0.15) is 0 Å². The zero-order chi connectivity index (χ0) is 25.2. The summed E-state index contributed by atoms with van der Waals surface area (Å²) in [6.07, 6.45) is 2.43. The topological polar surface area (TPSA) is 104 Å². The van der Waals surface area contributed by atoms with Crippen molar-refractivity contribution < 1.29 is 19.1 Å². The molecule has 4 rings (SSSR count). The lowest BCUT2D eigenvalue weighted by atomic mass is 9.85. The van der Waals surface area contributed by atoms with Crippen molar-refractivity contribution in [2.24, 2.45) is 0 Å². The lowest BCUT2D eigenvalue weighted by Gasteiger charge is -2.45. The number of nitrogens with one attached hydrogen (secondary N) is 3. The van der Waals surface area contributed by atoms with Gasteiger partial charge in [0, 0.05) is 28.7 Å². The summed E-state index contributed by atoms with van der Waals surface area (Å²) in [5.41, 5.74) is 1.72. The second kappa shape index (κ2) is 9.98. The first-order valence-corrected chi connectivity index (χ1v) is 12.2. The van der Waals surface area contributed by atoms with Crippen LogP contribution in [0.3, 0.4) is 0 Å². The molecule has 2 heterocycles. The molecule has 35 heavy (non-hydrogen) atoms. The summed E-state index contributed by atoms with van der Waals surface area (Å²) >= 11 is 0. The normalized spacial score (nSPS) is 19.8. The second-order valence-electron chi connectivity index (χ2n) is 9.24. The van der Waals surface area contributed by atoms with Crippen molar-refractivity contribution in [2.45, 2.75) is 64.1 Å². The number of hydrogen-bond acceptors (Lipinski definition) is 5. The predicted molar refractivity (Wildman–Crippen MR) is 134 cm³/mol. The first kappa shape index (κ1) is 24.6. The van der Waals surface area contributed by atoms with Crippen LogP contribution in [-0.2, 0) is 4.79 Å². The number of benzene rings is 2.